The zero-order valence-electron chi connectivity index (χ0n) is 13.2. The number of nitrogens with zero attached hydrogens (tertiary/aromatic N) is 2. The molecule has 24 heavy (non-hydrogen) atoms. The fourth-order valence-electron chi connectivity index (χ4n) is 2.21. The molecule has 2 rings (SSSR count). The summed E-state index contributed by atoms with van der Waals surface area (Å²) in [6.07, 6.45) is 1.18. The second-order valence-corrected chi connectivity index (χ2v) is 7.09. The summed E-state index contributed by atoms with van der Waals surface area (Å²) in [7, 11) is 0. The van der Waals surface area contributed by atoms with E-state index in [0.717, 1.165) is 9.21 Å². The molecule has 2 aromatic rings. The summed E-state index contributed by atoms with van der Waals surface area (Å²) >= 11 is 7.49. The lowest BCUT2D eigenvalue weighted by Gasteiger charge is -2.23. The zero-order chi connectivity index (χ0) is 17.4. The van der Waals surface area contributed by atoms with Crippen molar-refractivity contribution in [3.63, 3.8) is 0 Å². The highest BCUT2D eigenvalue weighted by Gasteiger charge is 2.13. The number of hydrogen-bond acceptors (Lipinski definition) is 5. The van der Waals surface area contributed by atoms with Crippen LogP contribution < -0.4 is 4.74 Å². The van der Waals surface area contributed by atoms with Crippen molar-refractivity contribution < 1.29 is 9.84 Å². The van der Waals surface area contributed by atoms with E-state index < -0.39 is 6.10 Å². The number of aliphatic hydroxyl groups excluding tert-OH is 1. The van der Waals surface area contributed by atoms with Crippen LogP contribution in [0.4, 0.5) is 0 Å². The van der Waals surface area contributed by atoms with Gasteiger partial charge in [-0.15, -0.1) is 17.9 Å². The van der Waals surface area contributed by atoms with E-state index in [0.29, 0.717) is 30.9 Å². The molecule has 0 saturated heterocycles. The van der Waals surface area contributed by atoms with Crippen LogP contribution in [0.3, 0.4) is 0 Å². The van der Waals surface area contributed by atoms with Crippen molar-refractivity contribution in [2.45, 2.75) is 12.6 Å². The lowest BCUT2D eigenvalue weighted by atomic mass is 10.2. The first-order valence-electron chi connectivity index (χ1n) is 7.49. The number of benzene rings is 1. The first kappa shape index (κ1) is 18.5. The SMILES string of the molecule is C=CCN(Cc1ccc(Cl)s1)CC(O)COc1ccc(C#N)cc1. The molecule has 0 aliphatic carbocycles. The van der Waals surface area contributed by atoms with E-state index in [2.05, 4.69) is 17.5 Å². The van der Waals surface area contributed by atoms with Crippen molar-refractivity contribution in [2.24, 2.45) is 0 Å². The van der Waals surface area contributed by atoms with Crippen molar-refractivity contribution in [1.29, 1.82) is 5.26 Å². The van der Waals surface area contributed by atoms with E-state index in [-0.39, 0.29) is 6.61 Å². The number of nitriles is 1. The molecule has 0 aliphatic rings. The summed E-state index contributed by atoms with van der Waals surface area (Å²) in [6, 6.07) is 12.7. The van der Waals surface area contributed by atoms with Crippen molar-refractivity contribution in [2.75, 3.05) is 19.7 Å². The lowest BCUT2D eigenvalue weighted by molar-refractivity contribution is 0.0699. The quantitative estimate of drug-likeness (QED) is 0.691. The smallest absolute Gasteiger partial charge is 0.119 e. The summed E-state index contributed by atoms with van der Waals surface area (Å²) in [6.45, 7) is 5.79. The van der Waals surface area contributed by atoms with Gasteiger partial charge in [-0.1, -0.05) is 17.7 Å². The standard InChI is InChI=1S/C18H19ClN2O2S/c1-2-9-21(12-17-7-8-18(19)24-17)11-15(22)13-23-16-5-3-14(10-20)4-6-16/h2-8,15,22H,1,9,11-13H2. The second kappa shape index (κ2) is 9.45. The first-order valence-corrected chi connectivity index (χ1v) is 8.68. The molecule has 1 aromatic heterocycles. The average Bonchev–Trinajstić information content (AvgIpc) is 2.98. The van der Waals surface area contributed by atoms with Gasteiger partial charge in [-0.2, -0.15) is 5.26 Å². The molecule has 0 radical (unpaired) electrons. The molecule has 1 atom stereocenters. The minimum absolute atomic E-state index is 0.185. The fraction of sp³-hybridized carbons (Fsp3) is 0.278. The van der Waals surface area contributed by atoms with E-state index >= 15 is 0 Å². The third-order valence-electron chi connectivity index (χ3n) is 3.29. The minimum atomic E-state index is -0.629. The van der Waals surface area contributed by atoms with Crippen LogP contribution in [-0.4, -0.2) is 35.8 Å². The Hall–Kier alpha value is -1.84. The van der Waals surface area contributed by atoms with Gasteiger partial charge in [0.25, 0.3) is 0 Å². The van der Waals surface area contributed by atoms with E-state index in [4.69, 9.17) is 21.6 Å². The van der Waals surface area contributed by atoms with E-state index in [1.807, 2.05) is 18.2 Å². The van der Waals surface area contributed by atoms with Gasteiger partial charge < -0.3 is 9.84 Å². The highest BCUT2D eigenvalue weighted by molar-refractivity contribution is 7.16. The zero-order valence-corrected chi connectivity index (χ0v) is 14.8. The Morgan fingerprint density at radius 3 is 2.67 bits per heavy atom. The Morgan fingerprint density at radius 1 is 1.33 bits per heavy atom. The largest absolute Gasteiger partial charge is 0.491 e. The molecule has 0 aliphatic heterocycles. The predicted molar refractivity (Wildman–Crippen MR) is 97.5 cm³/mol. The van der Waals surface area contributed by atoms with Crippen LogP contribution >= 0.6 is 22.9 Å². The number of halogens is 1. The molecule has 1 N–H and O–H groups in total. The number of rotatable bonds is 9. The Balaban J connectivity index is 1.84. The molecular formula is C18H19ClN2O2S. The van der Waals surface area contributed by atoms with Crippen LogP contribution in [0.5, 0.6) is 5.75 Å². The van der Waals surface area contributed by atoms with Gasteiger partial charge in [0.05, 0.1) is 16.0 Å². The maximum atomic E-state index is 10.2. The van der Waals surface area contributed by atoms with E-state index in [1.165, 1.54) is 11.3 Å². The normalized spacial score (nSPS) is 11.9. The average molecular weight is 363 g/mol. The van der Waals surface area contributed by atoms with Gasteiger partial charge in [-0.3, -0.25) is 4.90 Å². The van der Waals surface area contributed by atoms with Gasteiger partial charge in [0.2, 0.25) is 0 Å². The molecule has 0 spiro atoms. The van der Waals surface area contributed by atoms with Crippen molar-refractivity contribution >= 4 is 22.9 Å². The Kier molecular flexibility index (Phi) is 7.29. The molecule has 1 heterocycles. The summed E-state index contributed by atoms with van der Waals surface area (Å²) in [5.74, 6) is 0.633. The molecule has 4 nitrogen and oxygen atoms in total. The van der Waals surface area contributed by atoms with Crippen LogP contribution in [0.15, 0.2) is 49.1 Å². The predicted octanol–water partition coefficient (Wildman–Crippen LogP) is 3.70. The highest BCUT2D eigenvalue weighted by Crippen LogP contribution is 2.22. The summed E-state index contributed by atoms with van der Waals surface area (Å²) < 4.78 is 6.33. The van der Waals surface area contributed by atoms with Gasteiger partial charge in [0.1, 0.15) is 18.5 Å². The number of thiophene rings is 1. The fourth-order valence-corrected chi connectivity index (χ4v) is 3.34. The molecular weight excluding hydrogens is 344 g/mol. The van der Waals surface area contributed by atoms with E-state index in [1.54, 1.807) is 24.3 Å². The van der Waals surface area contributed by atoms with Crippen molar-refractivity contribution in [3.05, 3.63) is 63.8 Å². The molecule has 1 aromatic carbocycles. The number of ether oxygens (including phenoxy) is 1. The maximum absolute atomic E-state index is 10.2. The van der Waals surface area contributed by atoms with Crippen molar-refractivity contribution in [3.8, 4) is 11.8 Å². The molecule has 0 fully saturated rings. The Labute approximate surface area is 151 Å². The van der Waals surface area contributed by atoms with Gasteiger partial charge in [-0.05, 0) is 36.4 Å². The molecule has 6 heteroatoms. The first-order chi connectivity index (χ1) is 11.6. The van der Waals surface area contributed by atoms with Crippen LogP contribution in [0, 0.1) is 11.3 Å². The molecule has 1 unspecified atom stereocenters. The summed E-state index contributed by atoms with van der Waals surface area (Å²) in [4.78, 5) is 3.23. The highest BCUT2D eigenvalue weighted by atomic mass is 35.5. The van der Waals surface area contributed by atoms with Crippen LogP contribution in [0.2, 0.25) is 4.34 Å². The molecule has 0 saturated carbocycles. The number of hydrogen-bond donors (Lipinski definition) is 1. The van der Waals surface area contributed by atoms with Crippen LogP contribution in [-0.2, 0) is 6.54 Å². The Bertz CT molecular complexity index is 694. The molecule has 0 amide bonds. The second-order valence-electron chi connectivity index (χ2n) is 5.29. The summed E-state index contributed by atoms with van der Waals surface area (Å²) in [5.41, 5.74) is 0.578. The third-order valence-corrected chi connectivity index (χ3v) is 4.51. The molecule has 0 bridgehead atoms. The topological polar surface area (TPSA) is 56.5 Å². The maximum Gasteiger partial charge on any atom is 0.119 e. The minimum Gasteiger partial charge on any atom is -0.491 e. The van der Waals surface area contributed by atoms with Gasteiger partial charge in [0, 0.05) is 24.5 Å². The van der Waals surface area contributed by atoms with Gasteiger partial charge in [-0.25, -0.2) is 0 Å². The number of aliphatic hydroxyl groups is 1. The van der Waals surface area contributed by atoms with Gasteiger partial charge in [0.15, 0.2) is 0 Å². The van der Waals surface area contributed by atoms with Crippen molar-refractivity contribution in [1.82, 2.24) is 4.90 Å². The molecule has 126 valence electrons. The van der Waals surface area contributed by atoms with Crippen LogP contribution in [0.1, 0.15) is 10.4 Å². The van der Waals surface area contributed by atoms with Crippen LogP contribution in [0.25, 0.3) is 0 Å². The summed E-state index contributed by atoms with van der Waals surface area (Å²) in [5, 5.41) is 19.0. The lowest BCUT2D eigenvalue weighted by Crippen LogP contribution is -2.35. The van der Waals surface area contributed by atoms with E-state index in [9.17, 15) is 5.11 Å². The Morgan fingerprint density at radius 2 is 2.08 bits per heavy atom. The third kappa shape index (κ3) is 5.99. The van der Waals surface area contributed by atoms with Gasteiger partial charge >= 0.3 is 0 Å². The monoisotopic (exact) mass is 362 g/mol.